The third-order valence-corrected chi connectivity index (χ3v) is 4.43. The zero-order chi connectivity index (χ0) is 18.6. The zero-order valence-corrected chi connectivity index (χ0v) is 16.3. The molecule has 0 bridgehead atoms. The van der Waals surface area contributed by atoms with Gasteiger partial charge in [-0.3, -0.25) is 4.52 Å². The first-order valence-corrected chi connectivity index (χ1v) is 9.38. The van der Waals surface area contributed by atoms with Crippen LogP contribution >= 0.6 is 19.8 Å². The molecule has 2 aromatic carbocycles. The molecule has 2 atom stereocenters. The van der Waals surface area contributed by atoms with Crippen molar-refractivity contribution in [3.63, 3.8) is 0 Å². The van der Waals surface area contributed by atoms with Crippen molar-refractivity contribution in [2.45, 2.75) is 33.7 Å². The smallest absolute Gasteiger partial charge is 0.395 e. The van der Waals surface area contributed by atoms with Crippen LogP contribution in [0.4, 0.5) is 0 Å². The summed E-state index contributed by atoms with van der Waals surface area (Å²) in [6.07, 6.45) is 0. The van der Waals surface area contributed by atoms with Crippen molar-refractivity contribution in [2.24, 2.45) is 10.2 Å². The van der Waals surface area contributed by atoms with Crippen LogP contribution in [0.5, 0.6) is 5.75 Å². The fraction of sp³-hybridized carbons (Fsp3) is 0.389. The molecule has 0 aliphatic heterocycles. The van der Waals surface area contributed by atoms with Crippen molar-refractivity contribution >= 4 is 36.5 Å². The summed E-state index contributed by atoms with van der Waals surface area (Å²) in [6, 6.07) is 10.1. The van der Waals surface area contributed by atoms with E-state index in [2.05, 4.69) is 4.74 Å². The van der Waals surface area contributed by atoms with Crippen molar-refractivity contribution in [1.82, 2.24) is 0 Å². The van der Waals surface area contributed by atoms with Crippen LogP contribution in [0, 0.1) is 5.41 Å². The number of carbonyl (C=O) groups excluding carboxylic acids is 1. The number of hydrogen-bond donors (Lipinski definition) is 0. The van der Waals surface area contributed by atoms with Crippen molar-refractivity contribution in [3.8, 4) is 5.75 Å². The molecule has 0 radical (unpaired) electrons. The van der Waals surface area contributed by atoms with Gasteiger partial charge in [0.1, 0.15) is 0 Å². The van der Waals surface area contributed by atoms with E-state index in [-0.39, 0.29) is 12.0 Å². The van der Waals surface area contributed by atoms with Gasteiger partial charge in [0.25, 0.3) is 0 Å². The predicted octanol–water partition coefficient (Wildman–Crippen LogP) is 4.71. The highest BCUT2D eigenvalue weighted by atomic mass is 35.5. The number of nitrogens with zero attached hydrogens (tertiary/aromatic N) is 1. The lowest BCUT2D eigenvalue weighted by Crippen LogP contribution is -2.24. The molecule has 5 nitrogen and oxygen atoms in total. The van der Waals surface area contributed by atoms with Crippen LogP contribution in [-0.2, 0) is 9.53 Å². The average Bonchev–Trinajstić information content (AvgIpc) is 2.54. The van der Waals surface area contributed by atoms with Gasteiger partial charge in [-0.05, 0) is 23.8 Å². The van der Waals surface area contributed by atoms with E-state index in [0.29, 0.717) is 10.8 Å². The Kier molecular flexibility index (Phi) is 6.39. The van der Waals surface area contributed by atoms with E-state index in [1.54, 1.807) is 6.07 Å². The first-order chi connectivity index (χ1) is 11.7. The predicted molar refractivity (Wildman–Crippen MR) is 98.8 cm³/mol. The molecule has 0 fully saturated rings. The highest BCUT2D eigenvalue weighted by Gasteiger charge is 2.22. The molecule has 0 N–H and O–H groups in total. The molecule has 1 unspecified atom stereocenters. The molecular weight excluding hydrogens is 361 g/mol. The lowest BCUT2D eigenvalue weighted by molar-refractivity contribution is -0.169. The van der Waals surface area contributed by atoms with Gasteiger partial charge in [0.15, 0.2) is 6.04 Å². The van der Waals surface area contributed by atoms with Crippen LogP contribution in [0.3, 0.4) is 0 Å². The molecular formula is C18H21ClNO4P. The second-order valence-electron chi connectivity index (χ2n) is 6.89. The fourth-order valence-corrected chi connectivity index (χ4v) is 3.04. The van der Waals surface area contributed by atoms with Gasteiger partial charge >= 0.3 is 14.1 Å². The lowest BCUT2D eigenvalue weighted by Gasteiger charge is -2.18. The molecule has 0 amide bonds. The number of ether oxygens (including phenoxy) is 1. The first-order valence-electron chi connectivity index (χ1n) is 7.87. The number of rotatable bonds is 5. The fourth-order valence-electron chi connectivity index (χ4n) is 2.01. The van der Waals surface area contributed by atoms with Crippen LogP contribution in [0.15, 0.2) is 41.1 Å². The molecule has 0 saturated heterocycles. The second-order valence-corrected chi connectivity index (χ2v) is 8.18. The molecule has 0 spiro atoms. The molecule has 2 aromatic rings. The SMILES string of the molecule is C[C@@H](N=[P+]([O-])Oc1c(Cl)ccc2ccccc12)C(=O)OCC(C)(C)C. The summed E-state index contributed by atoms with van der Waals surface area (Å²) in [5, 5.41) is 1.97. The van der Waals surface area contributed by atoms with Crippen molar-refractivity contribution in [1.29, 1.82) is 0 Å². The topological polar surface area (TPSA) is 71.0 Å². The van der Waals surface area contributed by atoms with Gasteiger partial charge < -0.3 is 9.63 Å². The summed E-state index contributed by atoms with van der Waals surface area (Å²) in [5.74, 6) is -0.245. The van der Waals surface area contributed by atoms with Crippen molar-refractivity contribution < 1.29 is 18.9 Å². The monoisotopic (exact) mass is 381 g/mol. The molecule has 0 saturated carbocycles. The zero-order valence-electron chi connectivity index (χ0n) is 14.7. The Hall–Kier alpha value is -1.68. The summed E-state index contributed by atoms with van der Waals surface area (Å²) >= 11 is 6.16. The number of carbonyl (C=O) groups is 1. The van der Waals surface area contributed by atoms with E-state index in [1.807, 2.05) is 51.1 Å². The minimum Gasteiger partial charge on any atom is -0.575 e. The summed E-state index contributed by atoms with van der Waals surface area (Å²) in [6.45, 7) is 7.64. The number of halogens is 1. The third kappa shape index (κ3) is 5.67. The van der Waals surface area contributed by atoms with Crippen LogP contribution < -0.4 is 9.42 Å². The Balaban J connectivity index is 2.14. The minimum absolute atomic E-state index is 0.148. The summed E-state index contributed by atoms with van der Waals surface area (Å²) in [4.78, 5) is 24.1. The quantitative estimate of drug-likeness (QED) is 0.555. The number of benzene rings is 2. The maximum Gasteiger partial charge on any atom is 0.395 e. The largest absolute Gasteiger partial charge is 0.575 e. The molecule has 25 heavy (non-hydrogen) atoms. The van der Waals surface area contributed by atoms with Gasteiger partial charge in [0, 0.05) is 5.39 Å². The molecule has 0 aromatic heterocycles. The molecule has 2 rings (SSSR count). The lowest BCUT2D eigenvalue weighted by atomic mass is 9.99. The molecule has 0 heterocycles. The summed E-state index contributed by atoms with van der Waals surface area (Å²) in [7, 11) is -2.47. The summed E-state index contributed by atoms with van der Waals surface area (Å²) < 4.78 is 14.5. The van der Waals surface area contributed by atoms with Gasteiger partial charge in [-0.25, -0.2) is 4.79 Å². The van der Waals surface area contributed by atoms with E-state index >= 15 is 0 Å². The Labute approximate surface area is 153 Å². The maximum absolute atomic E-state index is 12.2. The van der Waals surface area contributed by atoms with Gasteiger partial charge in [0.2, 0.25) is 5.75 Å². The van der Waals surface area contributed by atoms with Gasteiger partial charge in [-0.2, -0.15) is 0 Å². The third-order valence-electron chi connectivity index (χ3n) is 3.26. The number of hydrogen-bond acceptors (Lipinski definition) is 5. The van der Waals surface area contributed by atoms with Crippen LogP contribution in [0.1, 0.15) is 27.7 Å². The first kappa shape index (κ1) is 19.6. The highest BCUT2D eigenvalue weighted by Crippen LogP contribution is 2.37. The standard InChI is InChI=1S/C18H21ClNO4P/c1-12(17(21)23-11-18(2,3)4)20-25(22)24-16-14-8-6-5-7-13(14)9-10-15(16)19/h5-10,12H,11H2,1-4H3/t12-/m1/s1. The molecule has 0 aliphatic rings. The normalized spacial score (nSPS) is 13.6. The summed E-state index contributed by atoms with van der Waals surface area (Å²) in [5.41, 5.74) is -0.148. The van der Waals surface area contributed by atoms with Gasteiger partial charge in [-0.15, -0.1) is 0 Å². The maximum atomic E-state index is 12.2. The second kappa shape index (κ2) is 8.13. The molecule has 0 aliphatic carbocycles. The number of fused-ring (bicyclic) bond motifs is 1. The molecule has 134 valence electrons. The Morgan fingerprint density at radius 1 is 1.28 bits per heavy atom. The number of esters is 1. The minimum atomic E-state index is -2.47. The van der Waals surface area contributed by atoms with Gasteiger partial charge in [-0.1, -0.05) is 67.4 Å². The van der Waals surface area contributed by atoms with Crippen molar-refractivity contribution in [3.05, 3.63) is 41.4 Å². The van der Waals surface area contributed by atoms with Crippen LogP contribution in [0.2, 0.25) is 5.02 Å². The van der Waals surface area contributed by atoms with E-state index in [4.69, 9.17) is 20.9 Å². The Morgan fingerprint density at radius 2 is 1.96 bits per heavy atom. The van der Waals surface area contributed by atoms with Crippen molar-refractivity contribution in [2.75, 3.05) is 6.61 Å². The van der Waals surface area contributed by atoms with Gasteiger partial charge in [0.05, 0.1) is 11.6 Å². The van der Waals surface area contributed by atoms with Crippen LogP contribution in [0.25, 0.3) is 10.8 Å². The van der Waals surface area contributed by atoms with E-state index in [9.17, 15) is 9.69 Å². The Morgan fingerprint density at radius 3 is 2.64 bits per heavy atom. The van der Waals surface area contributed by atoms with Crippen LogP contribution in [-0.4, -0.2) is 18.6 Å². The van der Waals surface area contributed by atoms with E-state index in [1.165, 1.54) is 6.92 Å². The average molecular weight is 382 g/mol. The van der Waals surface area contributed by atoms with E-state index in [0.717, 1.165) is 10.8 Å². The molecule has 7 heteroatoms. The Bertz CT molecular complexity index is 801. The van der Waals surface area contributed by atoms with E-state index < -0.39 is 20.2 Å². The highest BCUT2D eigenvalue weighted by molar-refractivity contribution is 7.34.